The predicted octanol–water partition coefficient (Wildman–Crippen LogP) is 3.52. The van der Waals surface area contributed by atoms with E-state index in [1.807, 2.05) is 6.07 Å². The average Bonchev–Trinajstić information content (AvgIpc) is 2.53. The van der Waals surface area contributed by atoms with Crippen LogP contribution in [0.25, 0.3) is 0 Å². The number of alkyl halides is 2. The van der Waals surface area contributed by atoms with Gasteiger partial charge in [-0.2, -0.15) is 14.0 Å². The molecule has 2 rings (SSSR count). The Morgan fingerprint density at radius 2 is 1.91 bits per heavy atom. The zero-order valence-corrected chi connectivity index (χ0v) is 11.3. The normalized spacial score (nSPS) is 10.1. The second kappa shape index (κ2) is 7.18. The molecule has 112 valence electrons. The number of hydrogen-bond donors (Lipinski definition) is 0. The van der Waals surface area contributed by atoms with Crippen LogP contribution < -0.4 is 4.74 Å². The highest BCUT2D eigenvalue weighted by molar-refractivity contribution is 5.89. The van der Waals surface area contributed by atoms with E-state index in [1.54, 1.807) is 24.3 Å². The lowest BCUT2D eigenvalue weighted by atomic mass is 10.1. The van der Waals surface area contributed by atoms with Crippen molar-refractivity contribution >= 4 is 5.97 Å². The third-order valence-electron chi connectivity index (χ3n) is 2.74. The predicted molar refractivity (Wildman–Crippen MR) is 73.4 cm³/mol. The lowest BCUT2D eigenvalue weighted by Crippen LogP contribution is -2.06. The minimum Gasteiger partial charge on any atom is -0.457 e. The quantitative estimate of drug-likeness (QED) is 0.793. The number of benzene rings is 2. The molecular formula is C16H11F2NO3. The van der Waals surface area contributed by atoms with Crippen LogP contribution in [0.4, 0.5) is 8.78 Å². The van der Waals surface area contributed by atoms with E-state index in [4.69, 9.17) is 10.00 Å². The molecule has 2 aromatic rings. The first-order valence-corrected chi connectivity index (χ1v) is 6.29. The van der Waals surface area contributed by atoms with E-state index in [-0.39, 0.29) is 17.9 Å². The van der Waals surface area contributed by atoms with Gasteiger partial charge in [-0.3, -0.25) is 0 Å². The molecule has 0 N–H and O–H groups in total. The van der Waals surface area contributed by atoms with Gasteiger partial charge in [-0.05, 0) is 42.0 Å². The molecule has 22 heavy (non-hydrogen) atoms. The van der Waals surface area contributed by atoms with Gasteiger partial charge in [0.05, 0.1) is 17.2 Å². The summed E-state index contributed by atoms with van der Waals surface area (Å²) in [6, 6.07) is 13.9. The van der Waals surface area contributed by atoms with Crippen LogP contribution in [0.1, 0.15) is 21.5 Å². The number of halogens is 2. The minimum absolute atomic E-state index is 0.0175. The molecule has 0 bridgehead atoms. The van der Waals surface area contributed by atoms with Gasteiger partial charge in [0.15, 0.2) is 0 Å². The van der Waals surface area contributed by atoms with Gasteiger partial charge in [0.1, 0.15) is 12.4 Å². The Labute approximate surface area is 125 Å². The summed E-state index contributed by atoms with van der Waals surface area (Å²) in [6.07, 6.45) is 0. The summed E-state index contributed by atoms with van der Waals surface area (Å²) < 4.78 is 33.3. The van der Waals surface area contributed by atoms with Gasteiger partial charge >= 0.3 is 12.6 Å². The molecular weight excluding hydrogens is 292 g/mol. The summed E-state index contributed by atoms with van der Waals surface area (Å²) in [5.41, 5.74) is 1.38. The number of nitrogens with zero attached hydrogens (tertiary/aromatic N) is 1. The van der Waals surface area contributed by atoms with Crippen LogP contribution in [0.2, 0.25) is 0 Å². The number of nitriles is 1. The zero-order valence-electron chi connectivity index (χ0n) is 11.3. The Morgan fingerprint density at radius 1 is 1.18 bits per heavy atom. The summed E-state index contributed by atoms with van der Waals surface area (Å²) in [5.74, 6) is -0.626. The van der Waals surface area contributed by atoms with Gasteiger partial charge in [-0.1, -0.05) is 12.1 Å². The van der Waals surface area contributed by atoms with Crippen molar-refractivity contribution in [2.24, 2.45) is 0 Å². The summed E-state index contributed by atoms with van der Waals surface area (Å²) in [6.45, 7) is -2.89. The molecule has 0 radical (unpaired) electrons. The van der Waals surface area contributed by atoms with Crippen molar-refractivity contribution in [1.29, 1.82) is 5.26 Å². The van der Waals surface area contributed by atoms with Crippen LogP contribution in [-0.2, 0) is 11.3 Å². The zero-order chi connectivity index (χ0) is 15.9. The Kier molecular flexibility index (Phi) is 5.04. The Bertz CT molecular complexity index is 693. The molecule has 0 unspecified atom stereocenters. The van der Waals surface area contributed by atoms with Gasteiger partial charge in [-0.15, -0.1) is 0 Å². The van der Waals surface area contributed by atoms with Crippen LogP contribution >= 0.6 is 0 Å². The smallest absolute Gasteiger partial charge is 0.387 e. The maximum atomic E-state index is 12.0. The van der Waals surface area contributed by atoms with Crippen molar-refractivity contribution in [2.75, 3.05) is 0 Å². The molecule has 0 saturated heterocycles. The fourth-order valence-electron chi connectivity index (χ4n) is 1.74. The van der Waals surface area contributed by atoms with Crippen LogP contribution in [-0.4, -0.2) is 12.6 Å². The van der Waals surface area contributed by atoms with E-state index in [2.05, 4.69) is 4.74 Å². The fourth-order valence-corrected chi connectivity index (χ4v) is 1.74. The van der Waals surface area contributed by atoms with Gasteiger partial charge in [-0.25, -0.2) is 4.79 Å². The highest BCUT2D eigenvalue weighted by Crippen LogP contribution is 2.16. The van der Waals surface area contributed by atoms with E-state index in [1.165, 1.54) is 24.3 Å². The van der Waals surface area contributed by atoms with Gasteiger partial charge < -0.3 is 9.47 Å². The van der Waals surface area contributed by atoms with Gasteiger partial charge in [0, 0.05) is 0 Å². The number of carbonyl (C=O) groups excluding carboxylic acids is 1. The molecule has 0 aromatic heterocycles. The second-order valence-corrected chi connectivity index (χ2v) is 4.29. The Morgan fingerprint density at radius 3 is 2.55 bits per heavy atom. The SMILES string of the molecule is N#Cc1cccc(COC(=O)c2ccc(OC(F)F)cc2)c1. The maximum absolute atomic E-state index is 12.0. The van der Waals surface area contributed by atoms with Crippen LogP contribution in [0.5, 0.6) is 5.75 Å². The Hall–Kier alpha value is -2.94. The third-order valence-corrected chi connectivity index (χ3v) is 2.74. The third kappa shape index (κ3) is 4.28. The first-order valence-electron chi connectivity index (χ1n) is 6.29. The molecule has 0 aliphatic carbocycles. The summed E-state index contributed by atoms with van der Waals surface area (Å²) in [5, 5.41) is 8.78. The van der Waals surface area contributed by atoms with Crippen molar-refractivity contribution in [3.05, 3.63) is 65.2 Å². The van der Waals surface area contributed by atoms with Gasteiger partial charge in [0.25, 0.3) is 0 Å². The highest BCUT2D eigenvalue weighted by atomic mass is 19.3. The number of hydrogen-bond acceptors (Lipinski definition) is 4. The Balaban J connectivity index is 1.96. The lowest BCUT2D eigenvalue weighted by molar-refractivity contribution is -0.0498. The lowest BCUT2D eigenvalue weighted by Gasteiger charge is -2.07. The summed E-state index contributed by atoms with van der Waals surface area (Å²) in [4.78, 5) is 11.8. The number of carbonyl (C=O) groups is 1. The largest absolute Gasteiger partial charge is 0.457 e. The second-order valence-electron chi connectivity index (χ2n) is 4.29. The molecule has 0 heterocycles. The molecule has 2 aromatic carbocycles. The first-order chi connectivity index (χ1) is 10.6. The van der Waals surface area contributed by atoms with E-state index in [0.717, 1.165) is 0 Å². The monoisotopic (exact) mass is 303 g/mol. The summed E-state index contributed by atoms with van der Waals surface area (Å²) in [7, 11) is 0. The molecule has 0 fully saturated rings. The van der Waals surface area contributed by atoms with Gasteiger partial charge in [0.2, 0.25) is 0 Å². The molecule has 0 aliphatic heterocycles. The van der Waals surface area contributed by atoms with Crippen molar-refractivity contribution in [3.63, 3.8) is 0 Å². The standard InChI is InChI=1S/C16H11F2NO3/c17-16(18)22-14-6-4-13(5-7-14)15(20)21-10-12-3-1-2-11(8-12)9-19/h1-8,16H,10H2. The summed E-state index contributed by atoms with van der Waals surface area (Å²) >= 11 is 0. The number of rotatable bonds is 5. The van der Waals surface area contributed by atoms with E-state index < -0.39 is 12.6 Å². The molecule has 0 amide bonds. The van der Waals surface area contributed by atoms with Crippen molar-refractivity contribution < 1.29 is 23.0 Å². The van der Waals surface area contributed by atoms with Crippen molar-refractivity contribution in [1.82, 2.24) is 0 Å². The highest BCUT2D eigenvalue weighted by Gasteiger charge is 2.09. The molecule has 4 nitrogen and oxygen atoms in total. The molecule has 0 atom stereocenters. The fraction of sp³-hybridized carbons (Fsp3) is 0.125. The van der Waals surface area contributed by atoms with E-state index in [9.17, 15) is 13.6 Å². The number of ether oxygens (including phenoxy) is 2. The first kappa shape index (κ1) is 15.4. The average molecular weight is 303 g/mol. The van der Waals surface area contributed by atoms with Crippen LogP contribution in [0.3, 0.4) is 0 Å². The van der Waals surface area contributed by atoms with Crippen molar-refractivity contribution in [3.8, 4) is 11.8 Å². The maximum Gasteiger partial charge on any atom is 0.387 e. The molecule has 0 spiro atoms. The molecule has 0 saturated carbocycles. The van der Waals surface area contributed by atoms with Crippen LogP contribution in [0, 0.1) is 11.3 Å². The van der Waals surface area contributed by atoms with Crippen LogP contribution in [0.15, 0.2) is 48.5 Å². The minimum atomic E-state index is -2.91. The number of esters is 1. The molecule has 6 heteroatoms. The topological polar surface area (TPSA) is 59.3 Å². The molecule has 0 aliphatic rings. The van der Waals surface area contributed by atoms with E-state index >= 15 is 0 Å². The van der Waals surface area contributed by atoms with Crippen molar-refractivity contribution in [2.45, 2.75) is 13.2 Å². The van der Waals surface area contributed by atoms with E-state index in [0.29, 0.717) is 11.1 Å².